The highest BCUT2D eigenvalue weighted by molar-refractivity contribution is 5.91. The molecule has 2 aliphatic heterocycles. The fourth-order valence-electron chi connectivity index (χ4n) is 4.73. The molecule has 1 aromatic heterocycles. The molecule has 22 heavy (non-hydrogen) atoms. The van der Waals surface area contributed by atoms with E-state index >= 15 is 0 Å². The number of hydrogen-bond acceptors (Lipinski definition) is 2. The van der Waals surface area contributed by atoms with Crippen molar-refractivity contribution in [1.82, 2.24) is 9.88 Å². The number of nitrogens with zero attached hydrogens (tertiary/aromatic N) is 1. The highest BCUT2D eigenvalue weighted by Crippen LogP contribution is 2.46. The van der Waals surface area contributed by atoms with Gasteiger partial charge in [0.1, 0.15) is 5.78 Å². The topological polar surface area (TPSA) is 36.1 Å². The Kier molecular flexibility index (Phi) is 2.55. The summed E-state index contributed by atoms with van der Waals surface area (Å²) in [6.07, 6.45) is 8.33. The van der Waals surface area contributed by atoms with Gasteiger partial charge in [-0.25, -0.2) is 0 Å². The summed E-state index contributed by atoms with van der Waals surface area (Å²) in [7, 11) is 0. The molecular weight excluding hydrogens is 272 g/mol. The van der Waals surface area contributed by atoms with Crippen molar-refractivity contribution < 1.29 is 4.79 Å². The predicted octanol–water partition coefficient (Wildman–Crippen LogP) is 3.88. The summed E-state index contributed by atoms with van der Waals surface area (Å²) in [4.78, 5) is 18.0. The van der Waals surface area contributed by atoms with Gasteiger partial charge in [0, 0.05) is 47.7 Å². The average molecular weight is 292 g/mol. The number of hydrogen-bond donors (Lipinski definition) is 1. The van der Waals surface area contributed by atoms with E-state index in [1.54, 1.807) is 0 Å². The fourth-order valence-corrected chi connectivity index (χ4v) is 4.73. The fraction of sp³-hybridized carbons (Fsp3) is 0.421. The van der Waals surface area contributed by atoms with E-state index in [2.05, 4.69) is 46.4 Å². The summed E-state index contributed by atoms with van der Waals surface area (Å²) in [6.45, 7) is 1.11. The number of aromatic nitrogens is 1. The lowest BCUT2D eigenvalue weighted by Gasteiger charge is -2.46. The first kappa shape index (κ1) is 12.5. The lowest BCUT2D eigenvalue weighted by atomic mass is 9.71. The molecule has 2 aromatic rings. The SMILES string of the molecule is O=C1CC[C@H]2CN3C=Cc4c([nH]c5ccccc45)[C@@H]3C[C@@H]2C1. The van der Waals surface area contributed by atoms with Gasteiger partial charge < -0.3 is 9.88 Å². The van der Waals surface area contributed by atoms with Gasteiger partial charge in [-0.1, -0.05) is 18.2 Å². The first-order chi connectivity index (χ1) is 10.8. The van der Waals surface area contributed by atoms with E-state index < -0.39 is 0 Å². The van der Waals surface area contributed by atoms with Crippen molar-refractivity contribution in [1.29, 1.82) is 0 Å². The van der Waals surface area contributed by atoms with Crippen molar-refractivity contribution in [3.05, 3.63) is 41.7 Å². The van der Waals surface area contributed by atoms with Crippen LogP contribution in [0.25, 0.3) is 17.0 Å². The highest BCUT2D eigenvalue weighted by Gasteiger charge is 2.40. The van der Waals surface area contributed by atoms with Gasteiger partial charge in [-0.2, -0.15) is 0 Å². The van der Waals surface area contributed by atoms with Crippen LogP contribution in [0, 0.1) is 11.8 Å². The number of rotatable bonds is 0. The average Bonchev–Trinajstić information content (AvgIpc) is 2.92. The minimum atomic E-state index is 0.416. The molecule has 1 saturated carbocycles. The predicted molar refractivity (Wildman–Crippen MR) is 87.2 cm³/mol. The zero-order valence-electron chi connectivity index (χ0n) is 12.6. The minimum absolute atomic E-state index is 0.416. The first-order valence-corrected chi connectivity index (χ1v) is 8.36. The second kappa shape index (κ2) is 4.48. The van der Waals surface area contributed by atoms with Gasteiger partial charge in [-0.15, -0.1) is 0 Å². The molecule has 0 spiro atoms. The number of ketones is 1. The van der Waals surface area contributed by atoms with Crippen LogP contribution in [0.3, 0.4) is 0 Å². The molecule has 3 heterocycles. The van der Waals surface area contributed by atoms with Crippen molar-refractivity contribution >= 4 is 22.8 Å². The summed E-state index contributed by atoms with van der Waals surface area (Å²) in [5, 5.41) is 1.32. The third kappa shape index (κ3) is 1.71. The number of aromatic amines is 1. The van der Waals surface area contributed by atoms with E-state index in [4.69, 9.17) is 0 Å². The van der Waals surface area contributed by atoms with E-state index in [0.717, 1.165) is 32.2 Å². The number of nitrogens with one attached hydrogen (secondary N) is 1. The van der Waals surface area contributed by atoms with Crippen LogP contribution in [-0.4, -0.2) is 22.2 Å². The molecule has 3 atom stereocenters. The molecule has 0 amide bonds. The lowest BCUT2D eigenvalue weighted by Crippen LogP contribution is -2.43. The minimum Gasteiger partial charge on any atom is -0.369 e. The van der Waals surface area contributed by atoms with Crippen molar-refractivity contribution in [3.63, 3.8) is 0 Å². The van der Waals surface area contributed by atoms with Crippen molar-refractivity contribution in [2.24, 2.45) is 11.8 Å². The Bertz CT molecular complexity index is 788. The van der Waals surface area contributed by atoms with Gasteiger partial charge in [0.05, 0.1) is 6.04 Å². The Hall–Kier alpha value is -2.03. The monoisotopic (exact) mass is 292 g/mol. The third-order valence-electron chi connectivity index (χ3n) is 5.86. The molecule has 0 unspecified atom stereocenters. The van der Waals surface area contributed by atoms with E-state index in [1.807, 2.05) is 0 Å². The maximum atomic E-state index is 11.8. The number of para-hydroxylation sites is 1. The van der Waals surface area contributed by atoms with Gasteiger partial charge in [0.25, 0.3) is 0 Å². The maximum Gasteiger partial charge on any atom is 0.133 e. The van der Waals surface area contributed by atoms with Crippen molar-refractivity contribution in [2.75, 3.05) is 6.54 Å². The van der Waals surface area contributed by atoms with Crippen LogP contribution >= 0.6 is 0 Å². The van der Waals surface area contributed by atoms with Crippen molar-refractivity contribution in [3.8, 4) is 0 Å². The van der Waals surface area contributed by atoms with Gasteiger partial charge in [0.15, 0.2) is 0 Å². The maximum absolute atomic E-state index is 11.8. The summed E-state index contributed by atoms with van der Waals surface area (Å²) >= 11 is 0. The van der Waals surface area contributed by atoms with Crippen molar-refractivity contribution in [2.45, 2.75) is 31.7 Å². The smallest absolute Gasteiger partial charge is 0.133 e. The molecular formula is C19H20N2O. The Labute approximate surface area is 130 Å². The van der Waals surface area contributed by atoms with Crippen LogP contribution in [0.15, 0.2) is 30.5 Å². The van der Waals surface area contributed by atoms with Gasteiger partial charge in [0.2, 0.25) is 0 Å². The Morgan fingerprint density at radius 2 is 2.09 bits per heavy atom. The summed E-state index contributed by atoms with van der Waals surface area (Å²) in [5.74, 6) is 1.75. The molecule has 0 radical (unpaired) electrons. The molecule has 1 saturated heterocycles. The second-order valence-electron chi connectivity index (χ2n) is 7.06. The van der Waals surface area contributed by atoms with E-state index in [0.29, 0.717) is 23.7 Å². The largest absolute Gasteiger partial charge is 0.369 e. The Morgan fingerprint density at radius 1 is 1.18 bits per heavy atom. The summed E-state index contributed by atoms with van der Waals surface area (Å²) < 4.78 is 0. The standard InChI is InChI=1S/C19H20N2O/c22-14-6-5-12-11-21-8-7-16-15-3-1-2-4-17(15)20-19(16)18(21)10-13(12)9-14/h1-4,7-8,12-13,18,20H,5-6,9-11H2/t12-,13-,18-/m0/s1. The molecule has 0 bridgehead atoms. The first-order valence-electron chi connectivity index (χ1n) is 8.36. The van der Waals surface area contributed by atoms with E-state index in [1.165, 1.54) is 22.2 Å². The molecule has 3 aliphatic rings. The van der Waals surface area contributed by atoms with Crippen LogP contribution in [0.2, 0.25) is 0 Å². The number of benzene rings is 1. The number of H-pyrrole nitrogens is 1. The van der Waals surface area contributed by atoms with Gasteiger partial charge in [-0.05, 0) is 36.8 Å². The van der Waals surface area contributed by atoms with Crippen LogP contribution < -0.4 is 0 Å². The van der Waals surface area contributed by atoms with Crippen LogP contribution in [0.1, 0.15) is 43.0 Å². The summed E-state index contributed by atoms with van der Waals surface area (Å²) in [6, 6.07) is 8.96. The normalized spacial score (nSPS) is 30.1. The quantitative estimate of drug-likeness (QED) is 0.800. The molecule has 2 fully saturated rings. The van der Waals surface area contributed by atoms with Crippen LogP contribution in [-0.2, 0) is 4.79 Å². The molecule has 1 aliphatic carbocycles. The number of carbonyl (C=O) groups excluding carboxylic acids is 1. The van der Waals surface area contributed by atoms with Crippen LogP contribution in [0.5, 0.6) is 0 Å². The second-order valence-corrected chi connectivity index (χ2v) is 7.06. The Balaban J connectivity index is 1.57. The van der Waals surface area contributed by atoms with Gasteiger partial charge in [-0.3, -0.25) is 4.79 Å². The van der Waals surface area contributed by atoms with E-state index in [-0.39, 0.29) is 0 Å². The molecule has 3 nitrogen and oxygen atoms in total. The number of carbonyl (C=O) groups is 1. The Morgan fingerprint density at radius 3 is 3.05 bits per heavy atom. The van der Waals surface area contributed by atoms with Crippen LogP contribution in [0.4, 0.5) is 0 Å². The highest BCUT2D eigenvalue weighted by atomic mass is 16.1. The number of piperidine rings is 1. The number of fused-ring (bicyclic) bond motifs is 6. The molecule has 5 rings (SSSR count). The number of Topliss-reactive ketones (excluding diaryl/α,β-unsaturated/α-hetero) is 1. The molecule has 1 N–H and O–H groups in total. The molecule has 3 heteroatoms. The zero-order chi connectivity index (χ0) is 14.7. The van der Waals surface area contributed by atoms with Gasteiger partial charge >= 0.3 is 0 Å². The lowest BCUT2D eigenvalue weighted by molar-refractivity contribution is -0.124. The molecule has 1 aromatic carbocycles. The van der Waals surface area contributed by atoms with E-state index in [9.17, 15) is 4.79 Å². The zero-order valence-corrected chi connectivity index (χ0v) is 12.6. The molecule has 112 valence electrons. The summed E-state index contributed by atoms with van der Waals surface area (Å²) in [5.41, 5.74) is 3.92. The third-order valence-corrected chi connectivity index (χ3v) is 5.86.